The molecule has 3 aliphatic rings. The van der Waals surface area contributed by atoms with Gasteiger partial charge in [0.25, 0.3) is 0 Å². The predicted octanol–water partition coefficient (Wildman–Crippen LogP) is 3.73. The molecule has 3 aromatic rings. The van der Waals surface area contributed by atoms with Crippen molar-refractivity contribution in [2.24, 2.45) is 5.41 Å². The fourth-order valence-corrected chi connectivity index (χ4v) is 4.99. The lowest BCUT2D eigenvalue weighted by Gasteiger charge is -2.36. The summed E-state index contributed by atoms with van der Waals surface area (Å²) in [4.78, 5) is 14.1. The van der Waals surface area contributed by atoms with Crippen molar-refractivity contribution in [2.75, 3.05) is 44.3 Å². The van der Waals surface area contributed by atoms with Crippen molar-refractivity contribution in [3.63, 3.8) is 0 Å². The molecule has 2 saturated heterocycles. The van der Waals surface area contributed by atoms with Crippen molar-refractivity contribution < 1.29 is 9.47 Å². The van der Waals surface area contributed by atoms with Gasteiger partial charge in [0.2, 0.25) is 0 Å². The molecule has 1 aliphatic carbocycles. The van der Waals surface area contributed by atoms with E-state index in [4.69, 9.17) is 9.47 Å². The third-order valence-electron chi connectivity index (χ3n) is 7.44. The van der Waals surface area contributed by atoms with E-state index in [1.807, 2.05) is 18.6 Å². The molecular formula is C27H33N5O2. The van der Waals surface area contributed by atoms with Gasteiger partial charge < -0.3 is 18.9 Å². The Morgan fingerprint density at radius 1 is 1.00 bits per heavy atom. The van der Waals surface area contributed by atoms with Crippen LogP contribution in [0.15, 0.2) is 55.1 Å². The van der Waals surface area contributed by atoms with Crippen LogP contribution in [0.5, 0.6) is 0 Å². The summed E-state index contributed by atoms with van der Waals surface area (Å²) in [5.41, 5.74) is 6.19. The van der Waals surface area contributed by atoms with Gasteiger partial charge in [-0.1, -0.05) is 12.1 Å². The predicted molar refractivity (Wildman–Crippen MR) is 131 cm³/mol. The SMILES string of the molecule is Cc1cc(N2CCN(Cc3ccccn3)CC2)ccc1-c1cn(CC2OCC3(CC3)CO2)cn1. The molecule has 34 heavy (non-hydrogen) atoms. The third kappa shape index (κ3) is 4.73. The Kier molecular flexibility index (Phi) is 5.85. The van der Waals surface area contributed by atoms with Crippen molar-refractivity contribution in [3.05, 3.63) is 66.4 Å². The van der Waals surface area contributed by atoms with E-state index in [-0.39, 0.29) is 6.29 Å². The summed E-state index contributed by atoms with van der Waals surface area (Å²) in [6.07, 6.45) is 8.17. The van der Waals surface area contributed by atoms with Gasteiger partial charge in [-0.15, -0.1) is 0 Å². The first kappa shape index (κ1) is 21.8. The first-order chi connectivity index (χ1) is 16.7. The molecule has 7 heteroatoms. The summed E-state index contributed by atoms with van der Waals surface area (Å²) in [7, 11) is 0. The van der Waals surface area contributed by atoms with Crippen LogP contribution in [0.1, 0.15) is 24.1 Å². The number of nitrogens with zero attached hydrogens (tertiary/aromatic N) is 5. The van der Waals surface area contributed by atoms with Crippen LogP contribution >= 0.6 is 0 Å². The number of piperazine rings is 1. The fraction of sp³-hybridized carbons (Fsp3) is 0.481. The Morgan fingerprint density at radius 3 is 2.53 bits per heavy atom. The number of anilines is 1. The van der Waals surface area contributed by atoms with E-state index in [9.17, 15) is 0 Å². The second-order valence-electron chi connectivity index (χ2n) is 10.1. The van der Waals surface area contributed by atoms with Crippen LogP contribution in [0.25, 0.3) is 11.3 Å². The number of hydrogen-bond donors (Lipinski definition) is 0. The minimum absolute atomic E-state index is 0.173. The van der Waals surface area contributed by atoms with Gasteiger partial charge in [0, 0.05) is 61.8 Å². The van der Waals surface area contributed by atoms with Gasteiger partial charge in [-0.3, -0.25) is 9.88 Å². The van der Waals surface area contributed by atoms with Crippen LogP contribution in [0.3, 0.4) is 0 Å². The highest BCUT2D eigenvalue weighted by Crippen LogP contribution is 2.48. The number of pyridine rings is 1. The Bertz CT molecular complexity index is 1110. The first-order valence-electron chi connectivity index (χ1n) is 12.4. The maximum absolute atomic E-state index is 5.94. The molecule has 6 rings (SSSR count). The molecule has 2 aliphatic heterocycles. The highest BCUT2D eigenvalue weighted by molar-refractivity contribution is 5.67. The van der Waals surface area contributed by atoms with Gasteiger partial charge in [-0.05, 0) is 49.6 Å². The Morgan fingerprint density at radius 2 is 1.82 bits per heavy atom. The Hall–Kier alpha value is -2.74. The second kappa shape index (κ2) is 9.13. The molecule has 0 atom stereocenters. The highest BCUT2D eigenvalue weighted by Gasteiger charge is 2.46. The van der Waals surface area contributed by atoms with Crippen LogP contribution in [-0.4, -0.2) is 65.1 Å². The molecule has 1 spiro atoms. The maximum atomic E-state index is 5.94. The monoisotopic (exact) mass is 459 g/mol. The fourth-order valence-electron chi connectivity index (χ4n) is 4.99. The summed E-state index contributed by atoms with van der Waals surface area (Å²) < 4.78 is 14.0. The minimum Gasteiger partial charge on any atom is -0.369 e. The van der Waals surface area contributed by atoms with Gasteiger partial charge >= 0.3 is 0 Å². The molecule has 0 N–H and O–H groups in total. The van der Waals surface area contributed by atoms with E-state index in [2.05, 4.69) is 67.8 Å². The standard InChI is InChI=1S/C27H33N5O2/c1-21-14-23(32-12-10-30(11-13-32)15-22-4-2-3-9-28-22)5-6-24(21)25-16-31(20-29-25)17-26-33-18-27(7-8-27)19-34-26/h2-6,9,14,16,20,26H,7-8,10-13,15,17-19H2,1H3. The van der Waals surface area contributed by atoms with Crippen LogP contribution in [-0.2, 0) is 22.6 Å². The molecule has 1 aromatic carbocycles. The normalized spacial score (nSPS) is 20.7. The van der Waals surface area contributed by atoms with Crippen LogP contribution in [0.4, 0.5) is 5.69 Å². The molecule has 178 valence electrons. The summed E-state index contributed by atoms with van der Waals surface area (Å²) >= 11 is 0. The molecule has 0 radical (unpaired) electrons. The number of imidazole rings is 1. The van der Waals surface area contributed by atoms with E-state index >= 15 is 0 Å². The van der Waals surface area contributed by atoms with Gasteiger partial charge in [0.15, 0.2) is 6.29 Å². The zero-order chi connectivity index (χ0) is 23.0. The third-order valence-corrected chi connectivity index (χ3v) is 7.44. The molecule has 0 amide bonds. The van der Waals surface area contributed by atoms with Crippen LogP contribution < -0.4 is 4.90 Å². The Labute approximate surface area is 201 Å². The zero-order valence-electron chi connectivity index (χ0n) is 19.9. The van der Waals surface area contributed by atoms with Gasteiger partial charge in [-0.25, -0.2) is 4.98 Å². The van der Waals surface area contributed by atoms with E-state index in [0.717, 1.165) is 57.3 Å². The molecule has 4 heterocycles. The number of aromatic nitrogens is 3. The van der Waals surface area contributed by atoms with Crippen molar-refractivity contribution in [2.45, 2.75) is 39.1 Å². The van der Waals surface area contributed by atoms with Crippen molar-refractivity contribution in [1.82, 2.24) is 19.4 Å². The van der Waals surface area contributed by atoms with Crippen molar-refractivity contribution in [3.8, 4) is 11.3 Å². The lowest BCUT2D eigenvalue weighted by molar-refractivity contribution is -0.212. The topological polar surface area (TPSA) is 55.7 Å². The van der Waals surface area contributed by atoms with Gasteiger partial charge in [0.05, 0.1) is 37.5 Å². The minimum atomic E-state index is -0.173. The maximum Gasteiger partial charge on any atom is 0.175 e. The lowest BCUT2D eigenvalue weighted by atomic mass is 10.0. The molecule has 0 bridgehead atoms. The summed E-state index contributed by atoms with van der Waals surface area (Å²) in [6, 6.07) is 12.9. The van der Waals surface area contributed by atoms with Crippen molar-refractivity contribution in [1.29, 1.82) is 0 Å². The van der Waals surface area contributed by atoms with Crippen LogP contribution in [0.2, 0.25) is 0 Å². The van der Waals surface area contributed by atoms with E-state index in [0.29, 0.717) is 12.0 Å². The van der Waals surface area contributed by atoms with E-state index in [1.54, 1.807) is 0 Å². The lowest BCUT2D eigenvalue weighted by Crippen LogP contribution is -2.46. The molecule has 7 nitrogen and oxygen atoms in total. The average Bonchev–Trinajstić information content (AvgIpc) is 3.47. The molecule has 1 saturated carbocycles. The number of ether oxygens (including phenoxy) is 2. The number of aryl methyl sites for hydroxylation is 1. The molecule has 2 aromatic heterocycles. The van der Waals surface area contributed by atoms with Gasteiger partial charge in [-0.2, -0.15) is 0 Å². The number of rotatable bonds is 6. The highest BCUT2D eigenvalue weighted by atomic mass is 16.7. The average molecular weight is 460 g/mol. The number of hydrogen-bond acceptors (Lipinski definition) is 6. The zero-order valence-corrected chi connectivity index (χ0v) is 19.9. The van der Waals surface area contributed by atoms with E-state index in [1.165, 1.54) is 29.7 Å². The number of benzene rings is 1. The molecule has 0 unspecified atom stereocenters. The summed E-state index contributed by atoms with van der Waals surface area (Å²) in [6.45, 7) is 9.61. The first-order valence-corrected chi connectivity index (χ1v) is 12.4. The summed E-state index contributed by atoms with van der Waals surface area (Å²) in [5.74, 6) is 0. The quantitative estimate of drug-likeness (QED) is 0.560. The second-order valence-corrected chi connectivity index (χ2v) is 10.1. The van der Waals surface area contributed by atoms with Crippen molar-refractivity contribution >= 4 is 5.69 Å². The van der Waals surface area contributed by atoms with Gasteiger partial charge in [0.1, 0.15) is 0 Å². The molecular weight excluding hydrogens is 426 g/mol. The molecule has 3 fully saturated rings. The van der Waals surface area contributed by atoms with E-state index < -0.39 is 0 Å². The van der Waals surface area contributed by atoms with Crippen LogP contribution in [0, 0.1) is 12.3 Å². The summed E-state index contributed by atoms with van der Waals surface area (Å²) in [5, 5.41) is 0. The largest absolute Gasteiger partial charge is 0.369 e. The smallest absolute Gasteiger partial charge is 0.175 e. The Balaban J connectivity index is 1.05.